The number of nitrogens with zero attached hydrogens (tertiary/aromatic N) is 1. The molecule has 1 atom stereocenters. The minimum Gasteiger partial charge on any atom is -0.324 e. The number of halogens is 1. The highest BCUT2D eigenvalue weighted by atomic mass is 35.5. The number of nitrogens with two attached hydrogens (primary N) is 1. The summed E-state index contributed by atoms with van der Waals surface area (Å²) in [4.78, 5) is 4.71. The van der Waals surface area contributed by atoms with Crippen LogP contribution < -0.4 is 5.73 Å². The molecule has 0 aliphatic carbocycles. The highest BCUT2D eigenvalue weighted by Gasteiger charge is 2.19. The molecule has 2 aromatic rings. The second kappa shape index (κ2) is 5.84. The molecule has 4 heteroatoms. The molecule has 2 nitrogen and oxygen atoms in total. The summed E-state index contributed by atoms with van der Waals surface area (Å²) < 4.78 is 0. The summed E-state index contributed by atoms with van der Waals surface area (Å²) >= 11 is 7.68. The standard InChI is InChI=1S/C16H21ClN2S/c1-10-7-11(17)5-6-12(10)13(18)8-15-19-14(9-20-15)16(2,3)4/h5-7,9,13H,8,18H2,1-4H3. The van der Waals surface area contributed by atoms with Crippen LogP contribution >= 0.6 is 22.9 Å². The van der Waals surface area contributed by atoms with Crippen molar-refractivity contribution in [3.8, 4) is 0 Å². The molecule has 1 aromatic carbocycles. The number of rotatable bonds is 3. The molecule has 0 saturated heterocycles. The lowest BCUT2D eigenvalue weighted by Crippen LogP contribution is -2.15. The van der Waals surface area contributed by atoms with Crippen LogP contribution in [0.2, 0.25) is 5.02 Å². The largest absolute Gasteiger partial charge is 0.324 e. The average molecular weight is 309 g/mol. The van der Waals surface area contributed by atoms with Crippen molar-refractivity contribution in [1.29, 1.82) is 0 Å². The Bertz CT molecular complexity index is 599. The average Bonchev–Trinajstić information content (AvgIpc) is 2.76. The molecule has 1 heterocycles. The number of benzene rings is 1. The predicted molar refractivity (Wildman–Crippen MR) is 87.6 cm³/mol. The van der Waals surface area contributed by atoms with Crippen LogP contribution in [0.3, 0.4) is 0 Å². The number of hydrogen-bond acceptors (Lipinski definition) is 3. The molecule has 0 fully saturated rings. The van der Waals surface area contributed by atoms with Gasteiger partial charge < -0.3 is 5.73 Å². The molecule has 20 heavy (non-hydrogen) atoms. The van der Waals surface area contributed by atoms with Crippen molar-refractivity contribution in [1.82, 2.24) is 4.98 Å². The van der Waals surface area contributed by atoms with E-state index >= 15 is 0 Å². The van der Waals surface area contributed by atoms with Gasteiger partial charge in [0.05, 0.1) is 10.7 Å². The SMILES string of the molecule is Cc1cc(Cl)ccc1C(N)Cc1nc(C(C)(C)C)cs1. The molecule has 0 saturated carbocycles. The van der Waals surface area contributed by atoms with Gasteiger partial charge in [-0.15, -0.1) is 11.3 Å². The van der Waals surface area contributed by atoms with Crippen LogP contribution in [-0.2, 0) is 11.8 Å². The second-order valence-electron chi connectivity index (χ2n) is 6.19. The Morgan fingerprint density at radius 3 is 2.60 bits per heavy atom. The maximum Gasteiger partial charge on any atom is 0.0947 e. The third kappa shape index (κ3) is 3.60. The fraction of sp³-hybridized carbons (Fsp3) is 0.438. The highest BCUT2D eigenvalue weighted by Crippen LogP contribution is 2.27. The van der Waals surface area contributed by atoms with E-state index in [0.717, 1.165) is 33.3 Å². The summed E-state index contributed by atoms with van der Waals surface area (Å²) in [6, 6.07) is 5.83. The van der Waals surface area contributed by atoms with Gasteiger partial charge in [-0.1, -0.05) is 38.4 Å². The van der Waals surface area contributed by atoms with Crippen molar-refractivity contribution in [3.63, 3.8) is 0 Å². The topological polar surface area (TPSA) is 38.9 Å². The minimum atomic E-state index is -0.0359. The minimum absolute atomic E-state index is 0.0359. The number of thiazole rings is 1. The molecule has 2 rings (SSSR count). The van der Waals surface area contributed by atoms with Crippen LogP contribution in [0.4, 0.5) is 0 Å². The zero-order valence-corrected chi connectivity index (χ0v) is 14.0. The Balaban J connectivity index is 2.15. The van der Waals surface area contributed by atoms with E-state index in [1.165, 1.54) is 0 Å². The van der Waals surface area contributed by atoms with Gasteiger partial charge in [0.25, 0.3) is 0 Å². The lowest BCUT2D eigenvalue weighted by Gasteiger charge is -2.15. The molecule has 0 amide bonds. The molecule has 0 radical (unpaired) electrons. The quantitative estimate of drug-likeness (QED) is 0.896. The molecule has 0 aliphatic rings. The third-order valence-electron chi connectivity index (χ3n) is 3.35. The third-order valence-corrected chi connectivity index (χ3v) is 4.45. The van der Waals surface area contributed by atoms with E-state index < -0.39 is 0 Å². The first kappa shape index (κ1) is 15.5. The Kier molecular flexibility index (Phi) is 4.52. The highest BCUT2D eigenvalue weighted by molar-refractivity contribution is 7.09. The first-order valence-electron chi connectivity index (χ1n) is 6.74. The molecule has 0 bridgehead atoms. The monoisotopic (exact) mass is 308 g/mol. The first-order chi connectivity index (χ1) is 9.27. The van der Waals surface area contributed by atoms with E-state index in [-0.39, 0.29) is 11.5 Å². The summed E-state index contributed by atoms with van der Waals surface area (Å²) in [5, 5.41) is 3.98. The summed E-state index contributed by atoms with van der Waals surface area (Å²) in [5.74, 6) is 0. The van der Waals surface area contributed by atoms with Gasteiger partial charge in [0, 0.05) is 28.3 Å². The summed E-state index contributed by atoms with van der Waals surface area (Å²) in [5.41, 5.74) is 9.83. The van der Waals surface area contributed by atoms with Crippen LogP contribution in [0.15, 0.2) is 23.6 Å². The zero-order chi connectivity index (χ0) is 14.9. The van der Waals surface area contributed by atoms with E-state index in [1.807, 2.05) is 25.1 Å². The second-order valence-corrected chi connectivity index (χ2v) is 7.57. The normalized spacial score (nSPS) is 13.5. The number of hydrogen-bond donors (Lipinski definition) is 1. The molecule has 1 unspecified atom stereocenters. The van der Waals surface area contributed by atoms with E-state index in [2.05, 4.69) is 26.2 Å². The summed E-state index contributed by atoms with van der Waals surface area (Å²) in [6.07, 6.45) is 0.767. The Morgan fingerprint density at radius 1 is 1.35 bits per heavy atom. The molecule has 0 spiro atoms. The van der Waals surface area contributed by atoms with Crippen molar-refractivity contribution >= 4 is 22.9 Å². The van der Waals surface area contributed by atoms with Crippen LogP contribution in [0.25, 0.3) is 0 Å². The van der Waals surface area contributed by atoms with Gasteiger partial charge in [-0.25, -0.2) is 4.98 Å². The Morgan fingerprint density at radius 2 is 2.05 bits per heavy atom. The fourth-order valence-corrected chi connectivity index (χ4v) is 3.41. The van der Waals surface area contributed by atoms with E-state index in [1.54, 1.807) is 11.3 Å². The van der Waals surface area contributed by atoms with Crippen molar-refractivity contribution in [2.45, 2.75) is 45.6 Å². The van der Waals surface area contributed by atoms with Gasteiger partial charge >= 0.3 is 0 Å². The van der Waals surface area contributed by atoms with Crippen molar-refractivity contribution in [2.24, 2.45) is 5.73 Å². The van der Waals surface area contributed by atoms with Gasteiger partial charge in [-0.05, 0) is 30.2 Å². The predicted octanol–water partition coefficient (Wildman–Crippen LogP) is 4.64. The van der Waals surface area contributed by atoms with Crippen molar-refractivity contribution < 1.29 is 0 Å². The Hall–Kier alpha value is -0.900. The fourth-order valence-electron chi connectivity index (χ4n) is 2.10. The van der Waals surface area contributed by atoms with Crippen LogP contribution in [0, 0.1) is 6.92 Å². The lowest BCUT2D eigenvalue weighted by atomic mass is 9.93. The van der Waals surface area contributed by atoms with Crippen LogP contribution in [-0.4, -0.2) is 4.98 Å². The smallest absolute Gasteiger partial charge is 0.0947 e. The van der Waals surface area contributed by atoms with Crippen LogP contribution in [0.5, 0.6) is 0 Å². The molecular weight excluding hydrogens is 288 g/mol. The van der Waals surface area contributed by atoms with Gasteiger partial charge in [-0.2, -0.15) is 0 Å². The van der Waals surface area contributed by atoms with Crippen LogP contribution in [0.1, 0.15) is 48.6 Å². The summed E-state index contributed by atoms with van der Waals surface area (Å²) in [7, 11) is 0. The Labute approximate surface area is 130 Å². The molecular formula is C16H21ClN2S. The molecule has 2 N–H and O–H groups in total. The summed E-state index contributed by atoms with van der Waals surface area (Å²) in [6.45, 7) is 8.57. The van der Waals surface area contributed by atoms with E-state index in [9.17, 15) is 0 Å². The maximum absolute atomic E-state index is 6.32. The van der Waals surface area contributed by atoms with Crippen molar-refractivity contribution in [2.75, 3.05) is 0 Å². The molecule has 1 aromatic heterocycles. The lowest BCUT2D eigenvalue weighted by molar-refractivity contribution is 0.569. The molecule has 108 valence electrons. The maximum atomic E-state index is 6.32. The van der Waals surface area contributed by atoms with Crippen molar-refractivity contribution in [3.05, 3.63) is 50.4 Å². The van der Waals surface area contributed by atoms with Gasteiger partial charge in [-0.3, -0.25) is 0 Å². The molecule has 0 aliphatic heterocycles. The van der Waals surface area contributed by atoms with E-state index in [4.69, 9.17) is 22.3 Å². The van der Waals surface area contributed by atoms with Gasteiger partial charge in [0.2, 0.25) is 0 Å². The van der Waals surface area contributed by atoms with Gasteiger partial charge in [0.15, 0.2) is 0 Å². The number of aromatic nitrogens is 1. The van der Waals surface area contributed by atoms with E-state index in [0.29, 0.717) is 0 Å². The number of aryl methyl sites for hydroxylation is 1. The van der Waals surface area contributed by atoms with Gasteiger partial charge in [0.1, 0.15) is 0 Å². The zero-order valence-electron chi connectivity index (χ0n) is 12.4. The first-order valence-corrected chi connectivity index (χ1v) is 7.99.